The average molecular weight is 365 g/mol. The Hall–Kier alpha value is -2.66. The SMILES string of the molecule is CN(C)CCn1cc(C(=O)NC2CCc3ccc(F)cc32)c2ccccc21. The molecule has 5 heteroatoms. The maximum Gasteiger partial charge on any atom is 0.253 e. The normalized spacial score (nSPS) is 16.1. The molecule has 140 valence electrons. The van der Waals surface area contributed by atoms with E-state index < -0.39 is 0 Å². The lowest BCUT2D eigenvalue weighted by atomic mass is 10.1. The van der Waals surface area contributed by atoms with E-state index in [1.165, 1.54) is 6.07 Å². The summed E-state index contributed by atoms with van der Waals surface area (Å²) in [7, 11) is 4.08. The molecule has 0 saturated heterocycles. The number of carbonyl (C=O) groups excluding carboxylic acids is 1. The lowest BCUT2D eigenvalue weighted by molar-refractivity contribution is 0.0938. The van der Waals surface area contributed by atoms with Crippen molar-refractivity contribution in [3.63, 3.8) is 0 Å². The summed E-state index contributed by atoms with van der Waals surface area (Å²) >= 11 is 0. The fraction of sp³-hybridized carbons (Fsp3) is 0.318. The Morgan fingerprint density at radius 3 is 2.89 bits per heavy atom. The molecule has 2 aromatic carbocycles. The van der Waals surface area contributed by atoms with Crippen molar-refractivity contribution in [1.29, 1.82) is 0 Å². The molecule has 1 heterocycles. The minimum Gasteiger partial charge on any atom is -0.345 e. The molecule has 4 nitrogen and oxygen atoms in total. The van der Waals surface area contributed by atoms with E-state index in [4.69, 9.17) is 0 Å². The van der Waals surface area contributed by atoms with Crippen LogP contribution in [0.1, 0.15) is 33.9 Å². The van der Waals surface area contributed by atoms with Gasteiger partial charge >= 0.3 is 0 Å². The van der Waals surface area contributed by atoms with Crippen molar-refractivity contribution in [3.05, 3.63) is 71.2 Å². The van der Waals surface area contributed by atoms with Crippen LogP contribution in [0.15, 0.2) is 48.7 Å². The summed E-state index contributed by atoms with van der Waals surface area (Å²) in [4.78, 5) is 15.2. The number of benzene rings is 2. The predicted octanol–water partition coefficient (Wildman–Crippen LogP) is 3.76. The Labute approximate surface area is 158 Å². The second-order valence-electron chi connectivity index (χ2n) is 7.46. The molecule has 0 fully saturated rings. The van der Waals surface area contributed by atoms with E-state index in [1.54, 1.807) is 6.07 Å². The van der Waals surface area contributed by atoms with Crippen molar-refractivity contribution in [2.75, 3.05) is 20.6 Å². The molecule has 27 heavy (non-hydrogen) atoms. The number of nitrogens with zero attached hydrogens (tertiary/aromatic N) is 2. The zero-order valence-corrected chi connectivity index (χ0v) is 15.7. The van der Waals surface area contributed by atoms with Crippen LogP contribution in [0.2, 0.25) is 0 Å². The number of para-hydroxylation sites is 1. The summed E-state index contributed by atoms with van der Waals surface area (Å²) in [6.07, 6.45) is 3.61. The molecule has 0 bridgehead atoms. The molecule has 0 saturated carbocycles. The number of hydrogen-bond acceptors (Lipinski definition) is 2. The van der Waals surface area contributed by atoms with Gasteiger partial charge in [-0.2, -0.15) is 0 Å². The van der Waals surface area contributed by atoms with Crippen LogP contribution in [0.4, 0.5) is 4.39 Å². The topological polar surface area (TPSA) is 37.3 Å². The Morgan fingerprint density at radius 2 is 2.07 bits per heavy atom. The van der Waals surface area contributed by atoms with Gasteiger partial charge in [0, 0.05) is 30.2 Å². The first kappa shape index (κ1) is 17.7. The van der Waals surface area contributed by atoms with Gasteiger partial charge in [0.15, 0.2) is 0 Å². The van der Waals surface area contributed by atoms with Gasteiger partial charge in [0.25, 0.3) is 5.91 Å². The number of halogens is 1. The van der Waals surface area contributed by atoms with Gasteiger partial charge in [-0.05, 0) is 56.3 Å². The summed E-state index contributed by atoms with van der Waals surface area (Å²) in [6, 6.07) is 12.7. The first-order chi connectivity index (χ1) is 13.0. The Bertz CT molecular complexity index is 992. The molecular formula is C22H24FN3O. The summed E-state index contributed by atoms with van der Waals surface area (Å²) in [5.41, 5.74) is 3.76. The van der Waals surface area contributed by atoms with Gasteiger partial charge in [0.1, 0.15) is 5.82 Å². The number of likely N-dealkylation sites (N-methyl/N-ethyl adjacent to an activating group) is 1. The molecule has 1 atom stereocenters. The zero-order valence-electron chi connectivity index (χ0n) is 15.7. The summed E-state index contributed by atoms with van der Waals surface area (Å²) < 4.78 is 15.8. The molecule has 1 aliphatic rings. The smallest absolute Gasteiger partial charge is 0.253 e. The molecule has 4 rings (SSSR count). The molecular weight excluding hydrogens is 341 g/mol. The van der Waals surface area contributed by atoms with Gasteiger partial charge in [0.05, 0.1) is 11.6 Å². The number of aryl methyl sites for hydroxylation is 1. The Kier molecular flexibility index (Phi) is 4.70. The van der Waals surface area contributed by atoms with Crippen molar-refractivity contribution in [1.82, 2.24) is 14.8 Å². The van der Waals surface area contributed by atoms with Gasteiger partial charge in [-0.3, -0.25) is 4.79 Å². The van der Waals surface area contributed by atoms with E-state index in [-0.39, 0.29) is 17.8 Å². The third kappa shape index (κ3) is 3.47. The highest BCUT2D eigenvalue weighted by Crippen LogP contribution is 2.32. The van der Waals surface area contributed by atoms with E-state index in [9.17, 15) is 9.18 Å². The van der Waals surface area contributed by atoms with Crippen molar-refractivity contribution in [2.45, 2.75) is 25.4 Å². The molecule has 0 spiro atoms. The molecule has 0 aliphatic heterocycles. The van der Waals surface area contributed by atoms with E-state index >= 15 is 0 Å². The molecule has 1 aliphatic carbocycles. The second-order valence-corrected chi connectivity index (χ2v) is 7.46. The van der Waals surface area contributed by atoms with Crippen molar-refractivity contribution in [3.8, 4) is 0 Å². The van der Waals surface area contributed by atoms with Crippen LogP contribution in [0.25, 0.3) is 10.9 Å². The van der Waals surface area contributed by atoms with Crippen LogP contribution in [-0.4, -0.2) is 36.0 Å². The van der Waals surface area contributed by atoms with Gasteiger partial charge in [-0.15, -0.1) is 0 Å². The molecule has 1 aromatic heterocycles. The highest BCUT2D eigenvalue weighted by molar-refractivity contribution is 6.07. The average Bonchev–Trinajstić information content (AvgIpc) is 3.21. The van der Waals surface area contributed by atoms with E-state index in [0.717, 1.165) is 48.0 Å². The molecule has 1 unspecified atom stereocenters. The van der Waals surface area contributed by atoms with Crippen LogP contribution >= 0.6 is 0 Å². The number of fused-ring (bicyclic) bond motifs is 2. The third-order valence-corrected chi connectivity index (χ3v) is 5.31. The zero-order chi connectivity index (χ0) is 19.0. The standard InChI is InChI=1S/C22H24FN3O/c1-25(2)11-12-26-14-19(17-5-3-4-6-21(17)26)22(27)24-20-10-8-15-7-9-16(23)13-18(15)20/h3-7,9,13-14,20H,8,10-12H2,1-2H3,(H,24,27). The van der Waals surface area contributed by atoms with Crippen LogP contribution in [-0.2, 0) is 13.0 Å². The number of carbonyl (C=O) groups is 1. The van der Waals surface area contributed by atoms with Gasteiger partial charge in [-0.25, -0.2) is 4.39 Å². The fourth-order valence-corrected chi connectivity index (χ4v) is 3.88. The third-order valence-electron chi connectivity index (χ3n) is 5.31. The van der Waals surface area contributed by atoms with Crippen molar-refractivity contribution < 1.29 is 9.18 Å². The number of rotatable bonds is 5. The maximum atomic E-state index is 13.6. The van der Waals surface area contributed by atoms with Crippen LogP contribution < -0.4 is 5.32 Å². The predicted molar refractivity (Wildman–Crippen MR) is 105 cm³/mol. The van der Waals surface area contributed by atoms with E-state index in [1.807, 2.05) is 50.6 Å². The highest BCUT2D eigenvalue weighted by Gasteiger charge is 2.26. The maximum absolute atomic E-state index is 13.6. The number of aromatic nitrogens is 1. The fourth-order valence-electron chi connectivity index (χ4n) is 3.88. The monoisotopic (exact) mass is 365 g/mol. The first-order valence-corrected chi connectivity index (χ1v) is 9.35. The lowest BCUT2D eigenvalue weighted by Crippen LogP contribution is -2.27. The summed E-state index contributed by atoms with van der Waals surface area (Å²) in [6.45, 7) is 1.72. The second kappa shape index (κ2) is 7.16. The minimum atomic E-state index is -0.254. The van der Waals surface area contributed by atoms with Gasteiger partial charge in [-0.1, -0.05) is 24.3 Å². The van der Waals surface area contributed by atoms with Crippen LogP contribution in [0.3, 0.4) is 0 Å². The molecule has 1 N–H and O–H groups in total. The minimum absolute atomic E-state index is 0.100. The summed E-state index contributed by atoms with van der Waals surface area (Å²) in [5, 5.41) is 4.07. The number of hydrogen-bond donors (Lipinski definition) is 1. The lowest BCUT2D eigenvalue weighted by Gasteiger charge is -2.14. The Balaban J connectivity index is 1.61. The van der Waals surface area contributed by atoms with Gasteiger partial charge < -0.3 is 14.8 Å². The number of nitrogens with one attached hydrogen (secondary N) is 1. The van der Waals surface area contributed by atoms with Crippen LogP contribution in [0, 0.1) is 5.82 Å². The molecule has 3 aromatic rings. The van der Waals surface area contributed by atoms with Crippen molar-refractivity contribution in [2.24, 2.45) is 0 Å². The number of amides is 1. The van der Waals surface area contributed by atoms with E-state index in [2.05, 4.69) is 14.8 Å². The highest BCUT2D eigenvalue weighted by atomic mass is 19.1. The first-order valence-electron chi connectivity index (χ1n) is 9.35. The van der Waals surface area contributed by atoms with Crippen molar-refractivity contribution >= 4 is 16.8 Å². The van der Waals surface area contributed by atoms with Crippen LogP contribution in [0.5, 0.6) is 0 Å². The molecule has 0 radical (unpaired) electrons. The largest absolute Gasteiger partial charge is 0.345 e. The quantitative estimate of drug-likeness (QED) is 0.748. The molecule has 1 amide bonds. The Morgan fingerprint density at radius 1 is 1.26 bits per heavy atom. The van der Waals surface area contributed by atoms with E-state index in [0.29, 0.717) is 5.56 Å². The van der Waals surface area contributed by atoms with Gasteiger partial charge in [0.2, 0.25) is 0 Å². The summed E-state index contributed by atoms with van der Waals surface area (Å²) in [5.74, 6) is -0.355.